The predicted octanol–water partition coefficient (Wildman–Crippen LogP) is 2.45. The van der Waals surface area contributed by atoms with Gasteiger partial charge in [0, 0.05) is 6.61 Å². The topological polar surface area (TPSA) is 46.5 Å². The molecule has 78 valence electrons. The predicted molar refractivity (Wildman–Crippen MR) is 51.8 cm³/mol. The summed E-state index contributed by atoms with van der Waals surface area (Å²) in [5.41, 5.74) is -0.485. The molecule has 0 aromatic carbocycles. The molecule has 1 unspecified atom stereocenters. The van der Waals surface area contributed by atoms with E-state index in [-0.39, 0.29) is 6.42 Å². The summed E-state index contributed by atoms with van der Waals surface area (Å²) in [7, 11) is 0. The molecule has 0 aliphatic carbocycles. The fraction of sp³-hybridized carbons (Fsp3) is 0.900. The van der Waals surface area contributed by atoms with Crippen LogP contribution in [0.3, 0.4) is 0 Å². The van der Waals surface area contributed by atoms with Gasteiger partial charge in [-0.2, -0.15) is 0 Å². The molecule has 0 radical (unpaired) electrons. The van der Waals surface area contributed by atoms with Crippen molar-refractivity contribution < 1.29 is 14.6 Å². The van der Waals surface area contributed by atoms with Crippen molar-refractivity contribution in [3.8, 4) is 0 Å². The first-order valence-electron chi connectivity index (χ1n) is 4.90. The first-order valence-corrected chi connectivity index (χ1v) is 4.90. The lowest BCUT2D eigenvalue weighted by Gasteiger charge is -2.26. The van der Waals surface area contributed by atoms with Crippen molar-refractivity contribution in [3.63, 3.8) is 0 Å². The maximum absolute atomic E-state index is 10.5. The fourth-order valence-electron chi connectivity index (χ4n) is 1.06. The molecule has 0 aliphatic rings. The molecule has 0 spiro atoms. The van der Waals surface area contributed by atoms with Crippen molar-refractivity contribution in [2.24, 2.45) is 0 Å². The van der Waals surface area contributed by atoms with Gasteiger partial charge in [-0.3, -0.25) is 4.79 Å². The molecular weight excluding hydrogens is 168 g/mol. The maximum Gasteiger partial charge on any atom is 0.306 e. The Kier molecular flexibility index (Phi) is 5.71. The van der Waals surface area contributed by atoms with Crippen molar-refractivity contribution in [1.29, 1.82) is 0 Å². The van der Waals surface area contributed by atoms with E-state index >= 15 is 0 Å². The molecule has 1 N–H and O–H groups in total. The highest BCUT2D eigenvalue weighted by Gasteiger charge is 2.25. The average Bonchev–Trinajstić information content (AvgIpc) is 2.04. The van der Waals surface area contributed by atoms with Crippen LogP contribution >= 0.6 is 0 Å². The van der Waals surface area contributed by atoms with Gasteiger partial charge in [0.05, 0.1) is 12.0 Å². The molecule has 0 amide bonds. The van der Waals surface area contributed by atoms with Gasteiger partial charge in [-0.1, -0.05) is 20.3 Å². The van der Waals surface area contributed by atoms with E-state index in [1.807, 2.05) is 13.8 Å². The number of unbranched alkanes of at least 4 members (excludes halogenated alkanes) is 1. The lowest BCUT2D eigenvalue weighted by molar-refractivity contribution is -0.145. The van der Waals surface area contributed by atoms with Crippen LogP contribution in [-0.4, -0.2) is 23.3 Å². The molecular formula is C10H20O3. The van der Waals surface area contributed by atoms with Crippen molar-refractivity contribution in [1.82, 2.24) is 0 Å². The van der Waals surface area contributed by atoms with Crippen molar-refractivity contribution in [2.45, 2.75) is 52.1 Å². The van der Waals surface area contributed by atoms with E-state index < -0.39 is 11.6 Å². The van der Waals surface area contributed by atoms with Gasteiger partial charge in [0.25, 0.3) is 0 Å². The highest BCUT2D eigenvalue weighted by molar-refractivity contribution is 5.68. The van der Waals surface area contributed by atoms with E-state index in [9.17, 15) is 4.79 Å². The summed E-state index contributed by atoms with van der Waals surface area (Å²) in [5.74, 6) is -0.791. The molecule has 0 aromatic rings. The number of carboxylic acids is 1. The number of carboxylic acid groups (broad SMARTS) is 1. The van der Waals surface area contributed by atoms with E-state index in [1.54, 1.807) is 0 Å². The molecule has 3 heteroatoms. The number of rotatable bonds is 7. The second kappa shape index (κ2) is 5.97. The summed E-state index contributed by atoms with van der Waals surface area (Å²) in [6.07, 6.45) is 2.90. The fourth-order valence-corrected chi connectivity index (χ4v) is 1.06. The van der Waals surface area contributed by atoms with Gasteiger partial charge in [0.2, 0.25) is 0 Å². The quantitative estimate of drug-likeness (QED) is 0.624. The lowest BCUT2D eigenvalue weighted by atomic mass is 9.99. The summed E-state index contributed by atoms with van der Waals surface area (Å²) in [6, 6.07) is 0. The van der Waals surface area contributed by atoms with E-state index in [4.69, 9.17) is 9.84 Å². The summed E-state index contributed by atoms with van der Waals surface area (Å²) < 4.78 is 5.55. The molecule has 0 heterocycles. The van der Waals surface area contributed by atoms with Gasteiger partial charge < -0.3 is 9.84 Å². The third kappa shape index (κ3) is 5.64. The van der Waals surface area contributed by atoms with Crippen LogP contribution < -0.4 is 0 Å². The van der Waals surface area contributed by atoms with Crippen molar-refractivity contribution in [3.05, 3.63) is 0 Å². The van der Waals surface area contributed by atoms with Crippen molar-refractivity contribution in [2.75, 3.05) is 6.61 Å². The number of carbonyl (C=O) groups is 1. The normalized spacial score (nSPS) is 15.3. The first kappa shape index (κ1) is 12.4. The SMILES string of the molecule is CCCCOC(C)(CC)CC(=O)O. The summed E-state index contributed by atoms with van der Waals surface area (Å²) >= 11 is 0. The summed E-state index contributed by atoms with van der Waals surface area (Å²) in [4.78, 5) is 10.5. The molecule has 0 saturated carbocycles. The number of aliphatic carboxylic acids is 1. The van der Waals surface area contributed by atoms with Crippen LogP contribution in [0.15, 0.2) is 0 Å². The largest absolute Gasteiger partial charge is 0.481 e. The zero-order valence-corrected chi connectivity index (χ0v) is 8.80. The minimum atomic E-state index is -0.791. The maximum atomic E-state index is 10.5. The Labute approximate surface area is 80.1 Å². The van der Waals surface area contributed by atoms with E-state index in [0.29, 0.717) is 6.61 Å². The van der Waals surface area contributed by atoms with Crippen LogP contribution in [0.4, 0.5) is 0 Å². The molecule has 0 fully saturated rings. The third-order valence-corrected chi connectivity index (χ3v) is 2.22. The summed E-state index contributed by atoms with van der Waals surface area (Å²) in [5, 5.41) is 8.66. The minimum Gasteiger partial charge on any atom is -0.481 e. The van der Waals surface area contributed by atoms with Gasteiger partial charge in [-0.15, -0.1) is 0 Å². The van der Waals surface area contributed by atoms with Gasteiger partial charge in [0.1, 0.15) is 0 Å². The first-order chi connectivity index (χ1) is 6.04. The highest BCUT2D eigenvalue weighted by Crippen LogP contribution is 2.20. The van der Waals surface area contributed by atoms with Gasteiger partial charge in [-0.05, 0) is 19.8 Å². The lowest BCUT2D eigenvalue weighted by Crippen LogP contribution is -2.31. The second-order valence-corrected chi connectivity index (χ2v) is 3.58. The smallest absolute Gasteiger partial charge is 0.306 e. The zero-order valence-electron chi connectivity index (χ0n) is 8.80. The van der Waals surface area contributed by atoms with Crippen LogP contribution in [-0.2, 0) is 9.53 Å². The van der Waals surface area contributed by atoms with Gasteiger partial charge in [-0.25, -0.2) is 0 Å². The van der Waals surface area contributed by atoms with Gasteiger partial charge in [0.15, 0.2) is 0 Å². The number of hydrogen-bond acceptors (Lipinski definition) is 2. The molecule has 3 nitrogen and oxygen atoms in total. The Hall–Kier alpha value is -0.570. The number of hydrogen-bond donors (Lipinski definition) is 1. The molecule has 0 bridgehead atoms. The highest BCUT2D eigenvalue weighted by atomic mass is 16.5. The second-order valence-electron chi connectivity index (χ2n) is 3.58. The van der Waals surface area contributed by atoms with Crippen molar-refractivity contribution >= 4 is 5.97 Å². The molecule has 0 aliphatic heterocycles. The molecule has 0 aromatic heterocycles. The molecule has 13 heavy (non-hydrogen) atoms. The molecule has 0 saturated heterocycles. The molecule has 1 atom stereocenters. The Balaban J connectivity index is 3.88. The summed E-state index contributed by atoms with van der Waals surface area (Å²) in [6.45, 7) is 6.56. The standard InChI is InChI=1S/C10H20O3/c1-4-6-7-13-10(3,5-2)8-9(11)12/h4-8H2,1-3H3,(H,11,12). The van der Waals surface area contributed by atoms with Crippen LogP contribution in [0.25, 0.3) is 0 Å². The van der Waals surface area contributed by atoms with E-state index in [2.05, 4.69) is 6.92 Å². The molecule has 0 rings (SSSR count). The minimum absolute atomic E-state index is 0.0905. The third-order valence-electron chi connectivity index (χ3n) is 2.22. The van der Waals surface area contributed by atoms with Crippen LogP contribution in [0.2, 0.25) is 0 Å². The van der Waals surface area contributed by atoms with Crippen LogP contribution in [0.5, 0.6) is 0 Å². The van der Waals surface area contributed by atoms with Crippen LogP contribution in [0, 0.1) is 0 Å². The average molecular weight is 188 g/mol. The number of ether oxygens (including phenoxy) is 1. The van der Waals surface area contributed by atoms with E-state index in [1.165, 1.54) is 0 Å². The Bertz CT molecular complexity index is 156. The zero-order chi connectivity index (χ0) is 10.3. The Morgan fingerprint density at radius 2 is 2.08 bits per heavy atom. The van der Waals surface area contributed by atoms with E-state index in [0.717, 1.165) is 19.3 Å². The monoisotopic (exact) mass is 188 g/mol. The van der Waals surface area contributed by atoms with Crippen LogP contribution in [0.1, 0.15) is 46.5 Å². The van der Waals surface area contributed by atoms with Gasteiger partial charge >= 0.3 is 5.97 Å². The Morgan fingerprint density at radius 1 is 1.46 bits per heavy atom. The Morgan fingerprint density at radius 3 is 2.46 bits per heavy atom.